The number of anilines is 1. The monoisotopic (exact) mass is 533 g/mol. The van der Waals surface area contributed by atoms with Crippen LogP contribution in [0.3, 0.4) is 0 Å². The number of non-ortho nitro benzene ring substituents is 1. The summed E-state index contributed by atoms with van der Waals surface area (Å²) in [4.78, 5) is 59.9. The van der Waals surface area contributed by atoms with Crippen LogP contribution < -0.4 is 4.90 Å². The number of hydrogen-bond acceptors (Lipinski definition) is 10. The van der Waals surface area contributed by atoms with E-state index in [2.05, 4.69) is 9.97 Å². The number of amides is 1. The van der Waals surface area contributed by atoms with E-state index < -0.39 is 34.4 Å². The van der Waals surface area contributed by atoms with Crippen LogP contribution in [0.15, 0.2) is 54.2 Å². The largest absolute Gasteiger partial charge is 0.505 e. The van der Waals surface area contributed by atoms with Gasteiger partial charge in [-0.15, -0.1) is 0 Å². The summed E-state index contributed by atoms with van der Waals surface area (Å²) in [5, 5.41) is 23.0. The normalized spacial score (nSPS) is 16.8. The lowest BCUT2D eigenvalue weighted by Gasteiger charge is -2.22. The maximum atomic E-state index is 13.5. The zero-order valence-corrected chi connectivity index (χ0v) is 21.1. The zero-order valence-electron chi connectivity index (χ0n) is 20.2. The Bertz CT molecular complexity index is 1700. The summed E-state index contributed by atoms with van der Waals surface area (Å²) in [5.41, 5.74) is 0.996. The SMILES string of the molecule is COC(=O)c1sc(N2C(=O)C(=O)/C(=C(/O)c3c(C)nc4ccccn34)C2c2cccc([N+](=O)[O-])c2)nc1C. The molecule has 3 aromatic heterocycles. The number of carbonyl (C=O) groups is 3. The van der Waals surface area contributed by atoms with Gasteiger partial charge in [0, 0.05) is 18.3 Å². The van der Waals surface area contributed by atoms with Gasteiger partial charge in [-0.2, -0.15) is 0 Å². The molecular formula is C25H19N5O7S. The smallest absolute Gasteiger partial charge is 0.350 e. The molecule has 1 aliphatic rings. The van der Waals surface area contributed by atoms with Gasteiger partial charge in [0.1, 0.15) is 16.2 Å². The van der Waals surface area contributed by atoms with Crippen molar-refractivity contribution in [3.05, 3.63) is 91.9 Å². The van der Waals surface area contributed by atoms with Crippen LogP contribution in [0.25, 0.3) is 11.4 Å². The number of ether oxygens (including phenoxy) is 1. The highest BCUT2D eigenvalue weighted by molar-refractivity contribution is 7.17. The number of fused-ring (bicyclic) bond motifs is 1. The van der Waals surface area contributed by atoms with Crippen LogP contribution in [0.2, 0.25) is 0 Å². The molecule has 4 aromatic rings. The first-order valence-electron chi connectivity index (χ1n) is 11.2. The maximum Gasteiger partial charge on any atom is 0.350 e. The van der Waals surface area contributed by atoms with Crippen molar-refractivity contribution in [3.63, 3.8) is 0 Å². The summed E-state index contributed by atoms with van der Waals surface area (Å²) in [6.45, 7) is 3.19. The number of aryl methyl sites for hydroxylation is 2. The summed E-state index contributed by atoms with van der Waals surface area (Å²) in [6.07, 6.45) is 1.65. The highest BCUT2D eigenvalue weighted by atomic mass is 32.1. The van der Waals surface area contributed by atoms with Gasteiger partial charge in [-0.3, -0.25) is 29.0 Å². The number of hydrogen-bond donors (Lipinski definition) is 1. The van der Waals surface area contributed by atoms with E-state index in [4.69, 9.17) is 4.74 Å². The second kappa shape index (κ2) is 9.19. The standard InChI is InChI=1S/C25H19N5O7S/c1-12-18(28-10-5-4-9-16(28)26-12)20(31)17-19(14-7-6-8-15(11-14)30(35)36)29(23(33)21(17)32)25-27-13(2)22(38-25)24(34)37-3/h4-11,19,31H,1-3H3/b20-17+. The number of methoxy groups -OCH3 is 1. The first kappa shape index (κ1) is 24.8. The Hall–Kier alpha value is -4.91. The Kier molecular flexibility index (Phi) is 5.99. The van der Waals surface area contributed by atoms with Gasteiger partial charge < -0.3 is 9.84 Å². The molecular weight excluding hydrogens is 514 g/mol. The number of aliphatic hydroxyl groups is 1. The minimum absolute atomic E-state index is 0.00424. The molecule has 0 bridgehead atoms. The van der Waals surface area contributed by atoms with E-state index in [1.54, 1.807) is 42.6 Å². The van der Waals surface area contributed by atoms with E-state index in [1.807, 2.05) is 0 Å². The van der Waals surface area contributed by atoms with Gasteiger partial charge in [0.2, 0.25) is 0 Å². The summed E-state index contributed by atoms with van der Waals surface area (Å²) >= 11 is 0.833. The lowest BCUT2D eigenvalue weighted by molar-refractivity contribution is -0.384. The van der Waals surface area contributed by atoms with Crippen molar-refractivity contribution in [3.8, 4) is 0 Å². The zero-order chi connectivity index (χ0) is 27.3. The number of aliphatic hydroxyl groups excluding tert-OH is 1. The second-order valence-corrected chi connectivity index (χ2v) is 9.38. The summed E-state index contributed by atoms with van der Waals surface area (Å²) in [5.74, 6) is -3.20. The topological polar surface area (TPSA) is 157 Å². The molecule has 38 heavy (non-hydrogen) atoms. The molecule has 1 N–H and O–H groups in total. The summed E-state index contributed by atoms with van der Waals surface area (Å²) in [7, 11) is 1.20. The maximum absolute atomic E-state index is 13.5. The number of pyridine rings is 1. The third kappa shape index (κ3) is 3.80. The molecule has 0 radical (unpaired) electrons. The Labute approximate surface area is 218 Å². The molecule has 4 heterocycles. The number of thiazole rings is 1. The van der Waals surface area contributed by atoms with Crippen molar-refractivity contribution in [1.29, 1.82) is 0 Å². The molecule has 1 saturated heterocycles. The average molecular weight is 534 g/mol. The number of rotatable bonds is 5. The van der Waals surface area contributed by atoms with Crippen LogP contribution in [0.1, 0.15) is 38.4 Å². The van der Waals surface area contributed by atoms with Crippen LogP contribution in [-0.2, 0) is 14.3 Å². The number of benzene rings is 1. The van der Waals surface area contributed by atoms with Crippen LogP contribution in [0.4, 0.5) is 10.8 Å². The van der Waals surface area contributed by atoms with Crippen molar-refractivity contribution < 1.29 is 29.2 Å². The number of nitro groups is 1. The number of nitro benzene ring substituents is 1. The third-order valence-corrected chi connectivity index (χ3v) is 7.27. The molecule has 5 rings (SSSR count). The minimum atomic E-state index is -1.28. The molecule has 1 aromatic carbocycles. The first-order valence-corrected chi connectivity index (χ1v) is 12.0. The highest BCUT2D eigenvalue weighted by Gasteiger charge is 2.49. The fourth-order valence-corrected chi connectivity index (χ4v) is 5.46. The van der Waals surface area contributed by atoms with Gasteiger partial charge in [-0.1, -0.05) is 29.5 Å². The van der Waals surface area contributed by atoms with Gasteiger partial charge in [-0.05, 0) is 31.5 Å². The molecule has 0 spiro atoms. The van der Waals surface area contributed by atoms with Crippen molar-refractivity contribution in [2.24, 2.45) is 0 Å². The van der Waals surface area contributed by atoms with Crippen LogP contribution >= 0.6 is 11.3 Å². The molecule has 1 fully saturated rings. The molecule has 1 unspecified atom stereocenters. The minimum Gasteiger partial charge on any atom is -0.505 e. The number of aromatic nitrogens is 3. The highest BCUT2D eigenvalue weighted by Crippen LogP contribution is 2.44. The number of ketones is 1. The lowest BCUT2D eigenvalue weighted by Crippen LogP contribution is -2.29. The fourth-order valence-electron chi connectivity index (χ4n) is 4.45. The van der Waals surface area contributed by atoms with E-state index in [0.29, 0.717) is 11.3 Å². The van der Waals surface area contributed by atoms with E-state index >= 15 is 0 Å². The molecule has 0 aliphatic carbocycles. The number of imidazole rings is 1. The van der Waals surface area contributed by atoms with Gasteiger partial charge >= 0.3 is 11.9 Å². The Morgan fingerprint density at radius 2 is 1.89 bits per heavy atom. The first-order chi connectivity index (χ1) is 18.1. The van der Waals surface area contributed by atoms with Crippen LogP contribution in [0, 0.1) is 24.0 Å². The van der Waals surface area contributed by atoms with Gasteiger partial charge in [0.25, 0.3) is 11.5 Å². The quantitative estimate of drug-likeness (QED) is 0.101. The van der Waals surface area contributed by atoms with Crippen LogP contribution in [0.5, 0.6) is 0 Å². The summed E-state index contributed by atoms with van der Waals surface area (Å²) in [6, 6.07) is 9.33. The Morgan fingerprint density at radius 1 is 1.13 bits per heavy atom. The van der Waals surface area contributed by atoms with E-state index in [0.717, 1.165) is 16.2 Å². The lowest BCUT2D eigenvalue weighted by atomic mass is 9.96. The molecule has 12 nitrogen and oxygen atoms in total. The molecule has 1 aliphatic heterocycles. The van der Waals surface area contributed by atoms with Gasteiger partial charge in [0.05, 0.1) is 35.0 Å². The predicted octanol–water partition coefficient (Wildman–Crippen LogP) is 3.73. The number of esters is 1. The number of nitrogens with zero attached hydrogens (tertiary/aromatic N) is 5. The second-order valence-electron chi connectivity index (χ2n) is 8.40. The van der Waals surface area contributed by atoms with Gasteiger partial charge in [0.15, 0.2) is 10.9 Å². The van der Waals surface area contributed by atoms with Crippen LogP contribution in [-0.4, -0.2) is 49.2 Å². The number of carbonyl (C=O) groups excluding carboxylic acids is 3. The van der Waals surface area contributed by atoms with E-state index in [-0.39, 0.29) is 38.2 Å². The Morgan fingerprint density at radius 3 is 2.61 bits per heavy atom. The molecule has 1 amide bonds. The van der Waals surface area contributed by atoms with E-state index in [9.17, 15) is 29.6 Å². The van der Waals surface area contributed by atoms with Crippen molar-refractivity contribution in [1.82, 2.24) is 14.4 Å². The number of Topliss-reactive ketones (excluding diaryl/α,β-unsaturated/α-hetero) is 1. The molecule has 13 heteroatoms. The molecule has 0 saturated carbocycles. The average Bonchev–Trinajstić information content (AvgIpc) is 3.53. The van der Waals surface area contributed by atoms with Crippen molar-refractivity contribution >= 4 is 51.2 Å². The van der Waals surface area contributed by atoms with E-state index in [1.165, 1.54) is 31.4 Å². The Balaban J connectivity index is 1.79. The van der Waals surface area contributed by atoms with Gasteiger partial charge in [-0.25, -0.2) is 14.8 Å². The third-order valence-electron chi connectivity index (χ3n) is 6.13. The predicted molar refractivity (Wildman–Crippen MR) is 136 cm³/mol. The molecule has 192 valence electrons. The molecule has 1 atom stereocenters. The fraction of sp³-hybridized carbons (Fsp3) is 0.160. The summed E-state index contributed by atoms with van der Waals surface area (Å²) < 4.78 is 6.36. The van der Waals surface area contributed by atoms with Crippen molar-refractivity contribution in [2.45, 2.75) is 19.9 Å². The van der Waals surface area contributed by atoms with Crippen molar-refractivity contribution in [2.75, 3.05) is 12.0 Å².